The molecule has 0 aliphatic carbocycles. The second-order valence-electron chi connectivity index (χ2n) is 4.80. The van der Waals surface area contributed by atoms with Crippen LogP contribution in [-0.4, -0.2) is 41.2 Å². The van der Waals surface area contributed by atoms with Gasteiger partial charge in [-0.2, -0.15) is 5.10 Å². The van der Waals surface area contributed by atoms with Crippen LogP contribution in [0, 0.1) is 5.92 Å². The van der Waals surface area contributed by atoms with Gasteiger partial charge in [0.1, 0.15) is 12.2 Å². The highest BCUT2D eigenvalue weighted by atomic mass is 32.2. The first kappa shape index (κ1) is 13.5. The maximum atomic E-state index is 11.3. The fourth-order valence-corrected chi connectivity index (χ4v) is 4.11. The first-order valence-electron chi connectivity index (χ1n) is 6.38. The Morgan fingerprint density at radius 2 is 2.39 bits per heavy atom. The van der Waals surface area contributed by atoms with Crippen LogP contribution in [0.4, 0.5) is 0 Å². The van der Waals surface area contributed by atoms with Crippen LogP contribution in [0.25, 0.3) is 0 Å². The van der Waals surface area contributed by atoms with Crippen LogP contribution in [0.1, 0.15) is 25.6 Å². The molecule has 0 aromatic carbocycles. The van der Waals surface area contributed by atoms with E-state index >= 15 is 0 Å². The number of nitrogens with zero attached hydrogens (tertiary/aromatic N) is 3. The van der Waals surface area contributed by atoms with Gasteiger partial charge in [-0.1, -0.05) is 6.92 Å². The van der Waals surface area contributed by atoms with Crippen LogP contribution >= 0.6 is 0 Å². The molecule has 102 valence electrons. The molecule has 1 aliphatic heterocycles. The summed E-state index contributed by atoms with van der Waals surface area (Å²) in [6.45, 7) is 4.35. The minimum absolute atomic E-state index is 0.248. The highest BCUT2D eigenvalue weighted by Gasteiger charge is 2.27. The molecule has 0 saturated carbocycles. The fraction of sp³-hybridized carbons (Fsp3) is 0.818. The highest BCUT2D eigenvalue weighted by molar-refractivity contribution is 7.91. The summed E-state index contributed by atoms with van der Waals surface area (Å²) in [5.74, 6) is 1.82. The lowest BCUT2D eigenvalue weighted by atomic mass is 10.1. The van der Waals surface area contributed by atoms with Gasteiger partial charge in [-0.05, 0) is 25.3 Å². The molecule has 0 bridgehead atoms. The van der Waals surface area contributed by atoms with Gasteiger partial charge in [0.15, 0.2) is 9.84 Å². The summed E-state index contributed by atoms with van der Waals surface area (Å²) < 4.78 is 24.5. The van der Waals surface area contributed by atoms with Crippen molar-refractivity contribution in [3.05, 3.63) is 12.2 Å². The zero-order chi connectivity index (χ0) is 13.0. The quantitative estimate of drug-likeness (QED) is 0.801. The van der Waals surface area contributed by atoms with Gasteiger partial charge in [-0.25, -0.2) is 18.1 Å². The topological polar surface area (TPSA) is 76.9 Å². The number of aromatic nitrogens is 3. The summed E-state index contributed by atoms with van der Waals surface area (Å²) in [4.78, 5) is 4.20. The Balaban J connectivity index is 1.77. The van der Waals surface area contributed by atoms with E-state index < -0.39 is 9.84 Å². The molecule has 1 fully saturated rings. The molecule has 1 atom stereocenters. The molecule has 1 aliphatic rings. The minimum Gasteiger partial charge on any atom is -0.310 e. The van der Waals surface area contributed by atoms with Crippen molar-refractivity contribution in [3.8, 4) is 0 Å². The van der Waals surface area contributed by atoms with Crippen molar-refractivity contribution in [2.45, 2.75) is 32.9 Å². The molecule has 0 radical (unpaired) electrons. The van der Waals surface area contributed by atoms with E-state index in [0.717, 1.165) is 31.8 Å². The first-order valence-corrected chi connectivity index (χ1v) is 8.20. The monoisotopic (exact) mass is 272 g/mol. The van der Waals surface area contributed by atoms with E-state index in [1.807, 2.05) is 4.68 Å². The highest BCUT2D eigenvalue weighted by Crippen LogP contribution is 2.17. The van der Waals surface area contributed by atoms with E-state index in [1.54, 1.807) is 6.33 Å². The molecule has 1 unspecified atom stereocenters. The minimum atomic E-state index is -2.77. The van der Waals surface area contributed by atoms with Crippen molar-refractivity contribution in [1.82, 2.24) is 20.1 Å². The third-order valence-electron chi connectivity index (χ3n) is 3.17. The van der Waals surface area contributed by atoms with Crippen molar-refractivity contribution in [2.75, 3.05) is 18.1 Å². The molecule has 6 nitrogen and oxygen atoms in total. The molecule has 0 amide bonds. The summed E-state index contributed by atoms with van der Waals surface area (Å²) in [5, 5.41) is 7.43. The Hall–Kier alpha value is -0.950. The van der Waals surface area contributed by atoms with E-state index in [9.17, 15) is 8.42 Å². The normalized spacial score (nSPS) is 22.4. The van der Waals surface area contributed by atoms with Gasteiger partial charge in [0.2, 0.25) is 0 Å². The predicted molar refractivity (Wildman–Crippen MR) is 68.8 cm³/mol. The Labute approximate surface area is 108 Å². The van der Waals surface area contributed by atoms with Crippen molar-refractivity contribution >= 4 is 9.84 Å². The van der Waals surface area contributed by atoms with Gasteiger partial charge < -0.3 is 5.32 Å². The molecular weight excluding hydrogens is 252 g/mol. The standard InChI is InChI=1S/C11H20N4O2S/c1-2-4-15-11(13-9-14-15)7-12-6-10-3-5-18(16,17)8-10/h9-10,12H,2-8H2,1H3. The van der Waals surface area contributed by atoms with E-state index in [4.69, 9.17) is 0 Å². The number of hydrogen-bond acceptors (Lipinski definition) is 5. The Kier molecular flexibility index (Phi) is 4.34. The molecule has 1 aromatic rings. The number of hydrogen-bond donors (Lipinski definition) is 1. The van der Waals surface area contributed by atoms with Crippen molar-refractivity contribution in [3.63, 3.8) is 0 Å². The third-order valence-corrected chi connectivity index (χ3v) is 5.01. The van der Waals surface area contributed by atoms with Crippen LogP contribution in [0.3, 0.4) is 0 Å². The van der Waals surface area contributed by atoms with Gasteiger partial charge in [0, 0.05) is 6.54 Å². The third kappa shape index (κ3) is 3.52. The Morgan fingerprint density at radius 1 is 1.56 bits per heavy atom. The second kappa shape index (κ2) is 5.79. The van der Waals surface area contributed by atoms with Gasteiger partial charge in [-0.3, -0.25) is 0 Å². The van der Waals surface area contributed by atoms with E-state index in [0.29, 0.717) is 18.1 Å². The van der Waals surface area contributed by atoms with Crippen LogP contribution in [-0.2, 0) is 22.9 Å². The van der Waals surface area contributed by atoms with E-state index in [-0.39, 0.29) is 5.92 Å². The fourth-order valence-electron chi connectivity index (χ4n) is 2.24. The first-order chi connectivity index (χ1) is 8.61. The van der Waals surface area contributed by atoms with Gasteiger partial charge in [0.05, 0.1) is 18.1 Å². The lowest BCUT2D eigenvalue weighted by Crippen LogP contribution is -2.25. The zero-order valence-electron chi connectivity index (χ0n) is 10.7. The van der Waals surface area contributed by atoms with Crippen molar-refractivity contribution < 1.29 is 8.42 Å². The number of nitrogens with one attached hydrogen (secondary N) is 1. The van der Waals surface area contributed by atoms with Crippen LogP contribution in [0.15, 0.2) is 6.33 Å². The molecule has 1 N–H and O–H groups in total. The average Bonchev–Trinajstić information content (AvgIpc) is 2.87. The van der Waals surface area contributed by atoms with Crippen LogP contribution in [0.5, 0.6) is 0 Å². The van der Waals surface area contributed by atoms with Gasteiger partial charge in [0.25, 0.3) is 0 Å². The maximum Gasteiger partial charge on any atom is 0.150 e. The molecule has 7 heteroatoms. The number of aryl methyl sites for hydroxylation is 1. The lowest BCUT2D eigenvalue weighted by molar-refractivity contribution is 0.492. The number of rotatable bonds is 6. The lowest BCUT2D eigenvalue weighted by Gasteiger charge is -2.09. The summed E-state index contributed by atoms with van der Waals surface area (Å²) in [7, 11) is -2.77. The zero-order valence-corrected chi connectivity index (χ0v) is 11.5. The SMILES string of the molecule is CCCn1ncnc1CNCC1CCS(=O)(=O)C1. The van der Waals surface area contributed by atoms with E-state index in [2.05, 4.69) is 22.3 Å². The summed E-state index contributed by atoms with van der Waals surface area (Å²) >= 11 is 0. The molecule has 0 spiro atoms. The van der Waals surface area contributed by atoms with Gasteiger partial charge >= 0.3 is 0 Å². The average molecular weight is 272 g/mol. The maximum absolute atomic E-state index is 11.3. The predicted octanol–water partition coefficient (Wildman–Crippen LogP) is 0.212. The molecule has 2 heterocycles. The number of sulfone groups is 1. The van der Waals surface area contributed by atoms with Crippen LogP contribution in [0.2, 0.25) is 0 Å². The smallest absolute Gasteiger partial charge is 0.150 e. The van der Waals surface area contributed by atoms with Crippen molar-refractivity contribution in [1.29, 1.82) is 0 Å². The summed E-state index contributed by atoms with van der Waals surface area (Å²) in [6.07, 6.45) is 3.36. The van der Waals surface area contributed by atoms with Crippen molar-refractivity contribution in [2.24, 2.45) is 5.92 Å². The second-order valence-corrected chi connectivity index (χ2v) is 7.03. The molecule has 2 rings (SSSR count). The largest absolute Gasteiger partial charge is 0.310 e. The van der Waals surface area contributed by atoms with Gasteiger partial charge in [-0.15, -0.1) is 0 Å². The summed E-state index contributed by atoms with van der Waals surface area (Å²) in [5.41, 5.74) is 0. The molecular formula is C11H20N4O2S. The molecule has 1 saturated heterocycles. The van der Waals surface area contributed by atoms with E-state index in [1.165, 1.54) is 0 Å². The van der Waals surface area contributed by atoms with Crippen LogP contribution < -0.4 is 5.32 Å². The Bertz CT molecular complexity index is 483. The molecule has 18 heavy (non-hydrogen) atoms. The summed E-state index contributed by atoms with van der Waals surface area (Å²) in [6, 6.07) is 0. The Morgan fingerprint density at radius 3 is 3.06 bits per heavy atom. The molecule has 1 aromatic heterocycles.